The quantitative estimate of drug-likeness (QED) is 0.103. The number of amides is 5. The summed E-state index contributed by atoms with van der Waals surface area (Å²) in [7, 11) is 0. The van der Waals surface area contributed by atoms with Crippen molar-refractivity contribution in [1.82, 2.24) is 26.2 Å². The van der Waals surface area contributed by atoms with Crippen LogP contribution in [0.4, 0.5) is 4.79 Å². The zero-order chi connectivity index (χ0) is 36.6. The Morgan fingerprint density at radius 1 is 0.938 bits per heavy atom. The molecule has 1 saturated carbocycles. The Kier molecular flexibility index (Phi) is 14.7. The fourth-order valence-electron chi connectivity index (χ4n) is 6.35. The smallest absolute Gasteiger partial charge is 0.329 e. The molecule has 5 amide bonds. The van der Waals surface area contributed by atoms with Crippen molar-refractivity contribution in [1.29, 1.82) is 0 Å². The summed E-state index contributed by atoms with van der Waals surface area (Å²) in [6.07, 6.45) is 5.47. The van der Waals surface area contributed by atoms with E-state index in [1.807, 2.05) is 69.2 Å². The Labute approximate surface area is 287 Å². The number of hydrogen-bond donors (Lipinski definition) is 4. The SMILES string of the molecule is C=CCNC(=O)C(=O)C(CCC)NC(=O)[C@@H]1[C@@H](CC(C)C)CCN1C(=O)[C@@H](NC(=O)N[C@H](C(=O)OC(C)(C)C1CC1)C(C)C)C(C)(C)C. The molecule has 4 N–H and O–H groups in total. The van der Waals surface area contributed by atoms with Crippen molar-refractivity contribution >= 4 is 35.5 Å². The molecule has 0 aromatic rings. The van der Waals surface area contributed by atoms with Gasteiger partial charge in [-0.1, -0.05) is 67.9 Å². The van der Waals surface area contributed by atoms with Crippen molar-refractivity contribution in [2.24, 2.45) is 29.1 Å². The molecule has 2 rings (SSSR count). The molecule has 12 heteroatoms. The van der Waals surface area contributed by atoms with E-state index in [-0.39, 0.29) is 37.3 Å². The second-order valence-corrected chi connectivity index (χ2v) is 15.8. The van der Waals surface area contributed by atoms with Gasteiger partial charge < -0.3 is 30.9 Å². The molecule has 1 unspecified atom stereocenters. The predicted molar refractivity (Wildman–Crippen MR) is 185 cm³/mol. The molecule has 1 aliphatic heterocycles. The number of nitrogens with zero attached hydrogens (tertiary/aromatic N) is 1. The molecule has 1 heterocycles. The average molecular weight is 676 g/mol. The summed E-state index contributed by atoms with van der Waals surface area (Å²) in [5.41, 5.74) is -1.41. The van der Waals surface area contributed by atoms with Gasteiger partial charge in [0, 0.05) is 13.1 Å². The van der Waals surface area contributed by atoms with E-state index in [9.17, 15) is 28.8 Å². The molecule has 272 valence electrons. The summed E-state index contributed by atoms with van der Waals surface area (Å²) >= 11 is 0. The van der Waals surface area contributed by atoms with Crippen LogP contribution in [0, 0.1) is 29.1 Å². The summed E-state index contributed by atoms with van der Waals surface area (Å²) in [6, 6.07) is -4.63. The number of nitrogens with one attached hydrogen (secondary N) is 4. The number of likely N-dealkylation sites (tertiary alicyclic amines) is 1. The fraction of sp³-hybridized carbons (Fsp3) is 0.778. The van der Waals surface area contributed by atoms with E-state index in [1.165, 1.54) is 11.0 Å². The topological polar surface area (TPSA) is 163 Å². The second kappa shape index (κ2) is 17.3. The highest BCUT2D eigenvalue weighted by Crippen LogP contribution is 2.41. The highest BCUT2D eigenvalue weighted by Gasteiger charge is 2.47. The Morgan fingerprint density at radius 3 is 2.06 bits per heavy atom. The lowest BCUT2D eigenvalue weighted by Gasteiger charge is -2.37. The molecule has 2 fully saturated rings. The molecule has 0 bridgehead atoms. The van der Waals surface area contributed by atoms with Gasteiger partial charge in [0.25, 0.3) is 5.91 Å². The molecule has 0 radical (unpaired) electrons. The number of ether oxygens (including phenoxy) is 1. The Balaban J connectivity index is 2.31. The minimum Gasteiger partial charge on any atom is -0.458 e. The minimum absolute atomic E-state index is 0.116. The predicted octanol–water partition coefficient (Wildman–Crippen LogP) is 3.88. The summed E-state index contributed by atoms with van der Waals surface area (Å²) in [6.45, 7) is 22.7. The molecular weight excluding hydrogens is 614 g/mol. The van der Waals surface area contributed by atoms with Crippen molar-refractivity contribution in [2.75, 3.05) is 13.1 Å². The van der Waals surface area contributed by atoms with Crippen molar-refractivity contribution in [3.05, 3.63) is 12.7 Å². The Bertz CT molecular complexity index is 1190. The monoisotopic (exact) mass is 675 g/mol. The average Bonchev–Trinajstić information content (AvgIpc) is 3.76. The number of carbonyl (C=O) groups excluding carboxylic acids is 6. The normalized spacial score (nSPS) is 20.0. The van der Waals surface area contributed by atoms with Crippen molar-refractivity contribution in [3.63, 3.8) is 0 Å². The maximum Gasteiger partial charge on any atom is 0.329 e. The van der Waals surface area contributed by atoms with Gasteiger partial charge in [-0.05, 0) is 75.0 Å². The number of esters is 1. The molecule has 0 aromatic carbocycles. The summed E-state index contributed by atoms with van der Waals surface area (Å²) in [5.74, 6) is -2.98. The molecular formula is C36H61N5O7. The van der Waals surface area contributed by atoms with Crippen LogP contribution in [-0.4, -0.2) is 83.3 Å². The third-order valence-electron chi connectivity index (χ3n) is 9.21. The first-order valence-corrected chi connectivity index (χ1v) is 17.6. The fourth-order valence-corrected chi connectivity index (χ4v) is 6.35. The number of hydrogen-bond acceptors (Lipinski definition) is 7. The molecule has 48 heavy (non-hydrogen) atoms. The summed E-state index contributed by atoms with van der Waals surface area (Å²) in [5, 5.41) is 10.8. The van der Waals surface area contributed by atoms with Crippen molar-refractivity contribution < 1.29 is 33.5 Å². The number of carbonyl (C=O) groups is 6. The maximum atomic E-state index is 14.3. The van der Waals surface area contributed by atoms with Gasteiger partial charge in [0.05, 0.1) is 6.04 Å². The third kappa shape index (κ3) is 11.3. The van der Waals surface area contributed by atoms with E-state index in [0.717, 1.165) is 12.8 Å². The molecule has 2 aliphatic rings. The zero-order valence-corrected chi connectivity index (χ0v) is 30.9. The van der Waals surface area contributed by atoms with Gasteiger partial charge in [-0.15, -0.1) is 6.58 Å². The molecule has 5 atom stereocenters. The van der Waals surface area contributed by atoms with Crippen LogP contribution in [0.3, 0.4) is 0 Å². The molecule has 0 aromatic heterocycles. The van der Waals surface area contributed by atoms with Crippen molar-refractivity contribution in [2.45, 2.75) is 138 Å². The van der Waals surface area contributed by atoms with Crippen LogP contribution in [0.2, 0.25) is 0 Å². The van der Waals surface area contributed by atoms with Crippen LogP contribution in [0.15, 0.2) is 12.7 Å². The van der Waals surface area contributed by atoms with Gasteiger partial charge in [0.1, 0.15) is 23.7 Å². The van der Waals surface area contributed by atoms with E-state index in [4.69, 9.17) is 4.74 Å². The van der Waals surface area contributed by atoms with Crippen LogP contribution in [-0.2, 0) is 28.7 Å². The lowest BCUT2D eigenvalue weighted by Crippen LogP contribution is -2.62. The minimum atomic E-state index is -1.05. The van der Waals surface area contributed by atoms with E-state index in [2.05, 4.69) is 27.8 Å². The van der Waals surface area contributed by atoms with E-state index in [0.29, 0.717) is 25.2 Å². The first kappa shape index (κ1) is 40.7. The Morgan fingerprint density at radius 2 is 1.56 bits per heavy atom. The number of urea groups is 1. The largest absolute Gasteiger partial charge is 0.458 e. The van der Waals surface area contributed by atoms with Gasteiger partial charge in [-0.25, -0.2) is 9.59 Å². The first-order valence-electron chi connectivity index (χ1n) is 17.6. The maximum absolute atomic E-state index is 14.3. The summed E-state index contributed by atoms with van der Waals surface area (Å²) < 4.78 is 5.82. The standard InChI is InChI=1S/C36H61N5O7/c1-12-14-25(28(42)31(44)37-18-13-2)38-30(43)27-23(20-21(3)4)17-19-41(27)32(45)29(35(7,8)9)40-34(47)39-26(22(5)6)33(46)48-36(10,11)24-15-16-24/h13,21-27,29H,2,12,14-20H2,1,3-11H3,(H,37,44)(H,38,43)(H2,39,40,47)/t23-,25?,26+,27+,29-/m1/s1. The Hall–Kier alpha value is -3.44. The van der Waals surface area contributed by atoms with Gasteiger partial charge in [-0.3, -0.25) is 19.2 Å². The van der Waals surface area contributed by atoms with Crippen LogP contribution >= 0.6 is 0 Å². The second-order valence-electron chi connectivity index (χ2n) is 15.8. The van der Waals surface area contributed by atoms with Gasteiger partial charge in [0.2, 0.25) is 17.6 Å². The van der Waals surface area contributed by atoms with Crippen LogP contribution < -0.4 is 21.3 Å². The van der Waals surface area contributed by atoms with Gasteiger partial charge in [0.15, 0.2) is 0 Å². The van der Waals surface area contributed by atoms with E-state index in [1.54, 1.807) is 0 Å². The lowest BCUT2D eigenvalue weighted by atomic mass is 9.85. The van der Waals surface area contributed by atoms with Crippen LogP contribution in [0.5, 0.6) is 0 Å². The van der Waals surface area contributed by atoms with Crippen LogP contribution in [0.1, 0.15) is 108 Å². The van der Waals surface area contributed by atoms with E-state index < -0.39 is 70.7 Å². The number of Topliss-reactive ketones (excluding diaryl/α,β-unsaturated/α-hetero) is 1. The number of rotatable bonds is 17. The van der Waals surface area contributed by atoms with Crippen LogP contribution in [0.25, 0.3) is 0 Å². The zero-order valence-electron chi connectivity index (χ0n) is 30.9. The highest BCUT2D eigenvalue weighted by atomic mass is 16.6. The molecule has 1 aliphatic carbocycles. The third-order valence-corrected chi connectivity index (χ3v) is 9.21. The lowest BCUT2D eigenvalue weighted by molar-refractivity contribution is -0.162. The molecule has 0 spiro atoms. The van der Waals surface area contributed by atoms with E-state index >= 15 is 0 Å². The van der Waals surface area contributed by atoms with Gasteiger partial charge >= 0.3 is 12.0 Å². The van der Waals surface area contributed by atoms with Gasteiger partial charge in [-0.2, -0.15) is 0 Å². The summed E-state index contributed by atoms with van der Waals surface area (Å²) in [4.78, 5) is 81.9. The molecule has 1 saturated heterocycles. The molecule has 12 nitrogen and oxygen atoms in total. The first-order chi connectivity index (χ1) is 22.2. The highest BCUT2D eigenvalue weighted by molar-refractivity contribution is 6.38. The van der Waals surface area contributed by atoms with Crippen molar-refractivity contribution in [3.8, 4) is 0 Å². The number of ketones is 1.